The molecule has 1 spiro atoms. The molecule has 3 aliphatic heterocycles. The number of piperidine rings is 2. The zero-order valence-corrected chi connectivity index (χ0v) is 14.2. The number of hydrogen-bond acceptors (Lipinski definition) is 2. The Labute approximate surface area is 136 Å². The van der Waals surface area contributed by atoms with Crippen molar-refractivity contribution >= 4 is 15.9 Å². The van der Waals surface area contributed by atoms with Crippen molar-refractivity contribution < 1.29 is 0 Å². The second kappa shape index (κ2) is 5.68. The molecule has 21 heavy (non-hydrogen) atoms. The molecule has 0 amide bonds. The Bertz CT molecular complexity index is 500. The molecule has 0 aliphatic carbocycles. The first-order valence-corrected chi connectivity index (χ1v) is 9.29. The van der Waals surface area contributed by atoms with Crippen molar-refractivity contribution in [3.05, 3.63) is 34.3 Å². The smallest absolute Gasteiger partial charge is 0.0175 e. The lowest BCUT2D eigenvalue weighted by Gasteiger charge is -2.49. The van der Waals surface area contributed by atoms with E-state index in [1.54, 1.807) is 0 Å². The zero-order valence-electron chi connectivity index (χ0n) is 12.7. The molecule has 3 heterocycles. The fraction of sp³-hybridized carbons (Fsp3) is 0.667. The van der Waals surface area contributed by atoms with Crippen LogP contribution in [0.5, 0.6) is 0 Å². The average Bonchev–Trinajstić information content (AvgIpc) is 2.89. The highest BCUT2D eigenvalue weighted by atomic mass is 79.9. The molecule has 3 unspecified atom stereocenters. The SMILES string of the molecule is Brc1ccc(C2CNCCC23CCN2CCCCC23)cc1. The Kier molecular flexibility index (Phi) is 3.85. The third-order valence-corrected chi connectivity index (χ3v) is 6.75. The second-order valence-electron chi connectivity index (χ2n) is 7.09. The lowest BCUT2D eigenvalue weighted by molar-refractivity contribution is 0.0663. The number of nitrogens with zero attached hydrogens (tertiary/aromatic N) is 1. The van der Waals surface area contributed by atoms with Gasteiger partial charge in [0.05, 0.1) is 0 Å². The van der Waals surface area contributed by atoms with Gasteiger partial charge in [-0.05, 0) is 68.4 Å². The molecule has 1 aromatic carbocycles. The maximum absolute atomic E-state index is 3.66. The van der Waals surface area contributed by atoms with Gasteiger partial charge in [0, 0.05) is 23.0 Å². The summed E-state index contributed by atoms with van der Waals surface area (Å²) in [5, 5.41) is 3.66. The van der Waals surface area contributed by atoms with Gasteiger partial charge in [-0.25, -0.2) is 0 Å². The maximum atomic E-state index is 3.66. The van der Waals surface area contributed by atoms with Gasteiger partial charge in [0.25, 0.3) is 0 Å². The molecule has 1 N–H and O–H groups in total. The Hall–Kier alpha value is -0.380. The summed E-state index contributed by atoms with van der Waals surface area (Å²) in [6, 6.07) is 9.95. The van der Waals surface area contributed by atoms with Crippen LogP contribution in [0.4, 0.5) is 0 Å². The van der Waals surface area contributed by atoms with Gasteiger partial charge in [0.1, 0.15) is 0 Å². The fourth-order valence-corrected chi connectivity index (χ4v) is 5.48. The van der Waals surface area contributed by atoms with E-state index in [0.29, 0.717) is 11.3 Å². The summed E-state index contributed by atoms with van der Waals surface area (Å²) in [5.74, 6) is 0.687. The van der Waals surface area contributed by atoms with E-state index in [0.717, 1.165) is 12.6 Å². The summed E-state index contributed by atoms with van der Waals surface area (Å²) in [6.07, 6.45) is 7.03. The molecule has 0 bridgehead atoms. The zero-order chi connectivity index (χ0) is 14.3. The van der Waals surface area contributed by atoms with Crippen molar-refractivity contribution in [2.75, 3.05) is 26.2 Å². The van der Waals surface area contributed by atoms with Crippen LogP contribution in [0, 0.1) is 5.41 Å². The number of benzene rings is 1. The molecular formula is C18H25BrN2. The molecule has 0 radical (unpaired) electrons. The summed E-state index contributed by atoms with van der Waals surface area (Å²) in [6.45, 7) is 5.04. The Morgan fingerprint density at radius 1 is 1.10 bits per heavy atom. The number of halogens is 1. The predicted molar refractivity (Wildman–Crippen MR) is 90.6 cm³/mol. The Morgan fingerprint density at radius 3 is 2.81 bits per heavy atom. The van der Waals surface area contributed by atoms with Gasteiger partial charge >= 0.3 is 0 Å². The fourth-order valence-electron chi connectivity index (χ4n) is 5.22. The van der Waals surface area contributed by atoms with E-state index < -0.39 is 0 Å². The standard InChI is InChI=1S/C18H25BrN2/c19-15-6-4-14(5-7-15)16-13-20-10-8-18(16)9-12-21-11-2-1-3-17(18)21/h4-7,16-17,20H,1-3,8-13H2. The van der Waals surface area contributed by atoms with Crippen LogP contribution in [0.15, 0.2) is 28.7 Å². The number of fused-ring (bicyclic) bond motifs is 2. The minimum absolute atomic E-state index is 0.527. The summed E-state index contributed by atoms with van der Waals surface area (Å²) >= 11 is 3.58. The normalized spacial score (nSPS) is 36.8. The van der Waals surface area contributed by atoms with Gasteiger partial charge in [0.2, 0.25) is 0 Å². The van der Waals surface area contributed by atoms with Crippen LogP contribution in [-0.2, 0) is 0 Å². The molecule has 3 fully saturated rings. The van der Waals surface area contributed by atoms with Gasteiger partial charge in [-0.15, -0.1) is 0 Å². The van der Waals surface area contributed by atoms with Crippen LogP contribution in [0.25, 0.3) is 0 Å². The van der Waals surface area contributed by atoms with Crippen molar-refractivity contribution in [1.29, 1.82) is 0 Å². The van der Waals surface area contributed by atoms with Crippen LogP contribution < -0.4 is 5.32 Å². The highest BCUT2D eigenvalue weighted by Crippen LogP contribution is 2.53. The number of nitrogens with one attached hydrogen (secondary N) is 1. The largest absolute Gasteiger partial charge is 0.316 e. The van der Waals surface area contributed by atoms with E-state index in [9.17, 15) is 0 Å². The molecule has 3 aliphatic rings. The molecule has 2 nitrogen and oxygen atoms in total. The molecule has 1 aromatic rings. The highest BCUT2D eigenvalue weighted by molar-refractivity contribution is 9.10. The van der Waals surface area contributed by atoms with Gasteiger partial charge in [0.15, 0.2) is 0 Å². The molecule has 3 atom stereocenters. The van der Waals surface area contributed by atoms with Crippen molar-refractivity contribution in [3.8, 4) is 0 Å². The lowest BCUT2D eigenvalue weighted by Crippen LogP contribution is -2.52. The molecule has 0 aromatic heterocycles. The Morgan fingerprint density at radius 2 is 1.95 bits per heavy atom. The van der Waals surface area contributed by atoms with Gasteiger partial charge in [-0.2, -0.15) is 0 Å². The van der Waals surface area contributed by atoms with E-state index in [2.05, 4.69) is 50.4 Å². The molecule has 114 valence electrons. The van der Waals surface area contributed by atoms with Gasteiger partial charge in [-0.1, -0.05) is 34.5 Å². The Balaban J connectivity index is 1.69. The minimum Gasteiger partial charge on any atom is -0.316 e. The van der Waals surface area contributed by atoms with Crippen molar-refractivity contribution in [2.24, 2.45) is 5.41 Å². The first-order chi connectivity index (χ1) is 10.3. The number of rotatable bonds is 1. The third kappa shape index (κ3) is 2.38. The predicted octanol–water partition coefficient (Wildman–Crippen LogP) is 3.77. The van der Waals surface area contributed by atoms with Crippen LogP contribution in [0.2, 0.25) is 0 Å². The third-order valence-electron chi connectivity index (χ3n) is 6.22. The maximum Gasteiger partial charge on any atom is 0.0175 e. The summed E-state index contributed by atoms with van der Waals surface area (Å²) in [7, 11) is 0. The van der Waals surface area contributed by atoms with Crippen LogP contribution in [0.3, 0.4) is 0 Å². The summed E-state index contributed by atoms with van der Waals surface area (Å²) < 4.78 is 1.19. The number of hydrogen-bond donors (Lipinski definition) is 1. The molecule has 4 rings (SSSR count). The van der Waals surface area contributed by atoms with Crippen molar-refractivity contribution in [1.82, 2.24) is 10.2 Å². The van der Waals surface area contributed by atoms with E-state index >= 15 is 0 Å². The van der Waals surface area contributed by atoms with Crippen LogP contribution in [0.1, 0.15) is 43.6 Å². The molecule has 3 heteroatoms. The first-order valence-electron chi connectivity index (χ1n) is 8.50. The topological polar surface area (TPSA) is 15.3 Å². The van der Waals surface area contributed by atoms with Gasteiger partial charge < -0.3 is 5.32 Å². The van der Waals surface area contributed by atoms with E-state index in [1.807, 2.05) is 0 Å². The summed E-state index contributed by atoms with van der Waals surface area (Å²) in [4.78, 5) is 2.81. The quantitative estimate of drug-likeness (QED) is 0.830. The van der Waals surface area contributed by atoms with E-state index in [-0.39, 0.29) is 0 Å². The minimum atomic E-state index is 0.527. The van der Waals surface area contributed by atoms with Crippen LogP contribution >= 0.6 is 15.9 Å². The highest BCUT2D eigenvalue weighted by Gasteiger charge is 2.53. The van der Waals surface area contributed by atoms with Crippen LogP contribution in [-0.4, -0.2) is 37.1 Å². The van der Waals surface area contributed by atoms with Gasteiger partial charge in [-0.3, -0.25) is 4.90 Å². The van der Waals surface area contributed by atoms with E-state index in [1.165, 1.54) is 61.8 Å². The second-order valence-corrected chi connectivity index (χ2v) is 8.00. The van der Waals surface area contributed by atoms with Crippen molar-refractivity contribution in [2.45, 2.75) is 44.1 Å². The molecule has 0 saturated carbocycles. The monoisotopic (exact) mass is 348 g/mol. The summed E-state index contributed by atoms with van der Waals surface area (Å²) in [5.41, 5.74) is 2.07. The molecular weight excluding hydrogens is 324 g/mol. The van der Waals surface area contributed by atoms with Crippen molar-refractivity contribution in [3.63, 3.8) is 0 Å². The lowest BCUT2D eigenvalue weighted by atomic mass is 9.62. The first kappa shape index (κ1) is 14.2. The average molecular weight is 349 g/mol. The van der Waals surface area contributed by atoms with E-state index in [4.69, 9.17) is 0 Å². The molecule has 3 saturated heterocycles.